The first-order valence-electron chi connectivity index (χ1n) is 4.68. The Hall–Kier alpha value is -1.26. The molecule has 1 aromatic rings. The third kappa shape index (κ3) is 2.13. The van der Waals surface area contributed by atoms with Crippen LogP contribution in [0.15, 0.2) is 23.3 Å². The van der Waals surface area contributed by atoms with Gasteiger partial charge in [0.15, 0.2) is 0 Å². The summed E-state index contributed by atoms with van der Waals surface area (Å²) in [5.41, 5.74) is 6.24. The standard InChI is InChI=1S/C10H9Cl2N3O/c11-6-1-2-9(7(12)5-6)15-4-3-8(14-15)10(13)16/h1-2,5H,3-4H2,(H2,13,16). The van der Waals surface area contributed by atoms with Crippen molar-refractivity contribution < 1.29 is 4.79 Å². The van der Waals surface area contributed by atoms with Crippen LogP contribution in [0.2, 0.25) is 10.0 Å². The van der Waals surface area contributed by atoms with Gasteiger partial charge in [-0.15, -0.1) is 0 Å². The monoisotopic (exact) mass is 257 g/mol. The average molecular weight is 258 g/mol. The first kappa shape index (κ1) is 11.2. The topological polar surface area (TPSA) is 58.7 Å². The van der Waals surface area contributed by atoms with Crippen molar-refractivity contribution >= 4 is 40.5 Å². The van der Waals surface area contributed by atoms with Crippen LogP contribution in [0.5, 0.6) is 0 Å². The second kappa shape index (κ2) is 4.31. The van der Waals surface area contributed by atoms with Crippen molar-refractivity contribution in [2.45, 2.75) is 6.42 Å². The van der Waals surface area contributed by atoms with Crippen molar-refractivity contribution in [1.29, 1.82) is 0 Å². The van der Waals surface area contributed by atoms with Crippen molar-refractivity contribution in [1.82, 2.24) is 0 Å². The van der Waals surface area contributed by atoms with Crippen LogP contribution < -0.4 is 10.7 Å². The van der Waals surface area contributed by atoms with Crippen LogP contribution in [0.3, 0.4) is 0 Å². The molecule has 1 heterocycles. The third-order valence-electron chi connectivity index (χ3n) is 2.27. The van der Waals surface area contributed by atoms with Crippen molar-refractivity contribution in [3.63, 3.8) is 0 Å². The molecule has 2 N–H and O–H groups in total. The second-order valence-corrected chi connectivity index (χ2v) is 4.22. The number of anilines is 1. The molecule has 0 bridgehead atoms. The number of nitrogens with zero attached hydrogens (tertiary/aromatic N) is 2. The van der Waals surface area contributed by atoms with Gasteiger partial charge in [-0.25, -0.2) is 0 Å². The van der Waals surface area contributed by atoms with Gasteiger partial charge in [0.2, 0.25) is 0 Å². The van der Waals surface area contributed by atoms with Crippen molar-refractivity contribution in [2.24, 2.45) is 10.8 Å². The van der Waals surface area contributed by atoms with Gasteiger partial charge in [-0.05, 0) is 18.2 Å². The Bertz CT molecular complexity index is 473. The maximum Gasteiger partial charge on any atom is 0.264 e. The first-order chi connectivity index (χ1) is 7.58. The number of amides is 1. The van der Waals surface area contributed by atoms with E-state index in [1.807, 2.05) is 0 Å². The fourth-order valence-electron chi connectivity index (χ4n) is 1.49. The highest BCUT2D eigenvalue weighted by Crippen LogP contribution is 2.30. The molecule has 1 amide bonds. The molecule has 0 saturated heterocycles. The fourth-order valence-corrected chi connectivity index (χ4v) is 2.00. The van der Waals surface area contributed by atoms with Crippen LogP contribution in [-0.2, 0) is 4.79 Å². The molecule has 0 spiro atoms. The maximum absolute atomic E-state index is 10.9. The van der Waals surface area contributed by atoms with Crippen LogP contribution in [0.1, 0.15) is 6.42 Å². The molecule has 6 heteroatoms. The number of halogens is 2. The number of hydrogen-bond acceptors (Lipinski definition) is 3. The molecular weight excluding hydrogens is 249 g/mol. The highest BCUT2D eigenvalue weighted by Gasteiger charge is 2.21. The van der Waals surface area contributed by atoms with E-state index < -0.39 is 5.91 Å². The van der Waals surface area contributed by atoms with E-state index in [0.717, 1.165) is 5.69 Å². The number of hydrazone groups is 1. The van der Waals surface area contributed by atoms with Gasteiger partial charge in [0.1, 0.15) is 5.71 Å². The number of carbonyl (C=O) groups is 1. The molecule has 1 aliphatic rings. The lowest BCUT2D eigenvalue weighted by molar-refractivity contribution is -0.112. The molecule has 16 heavy (non-hydrogen) atoms. The molecule has 0 aliphatic carbocycles. The highest BCUT2D eigenvalue weighted by atomic mass is 35.5. The van der Waals surface area contributed by atoms with Gasteiger partial charge in [-0.1, -0.05) is 23.2 Å². The van der Waals surface area contributed by atoms with E-state index in [2.05, 4.69) is 5.10 Å². The molecule has 1 aliphatic heterocycles. The highest BCUT2D eigenvalue weighted by molar-refractivity contribution is 6.39. The zero-order valence-electron chi connectivity index (χ0n) is 8.28. The zero-order valence-corrected chi connectivity index (χ0v) is 9.79. The smallest absolute Gasteiger partial charge is 0.264 e. The lowest BCUT2D eigenvalue weighted by Crippen LogP contribution is -2.21. The Morgan fingerprint density at radius 1 is 1.44 bits per heavy atom. The van der Waals surface area contributed by atoms with Crippen molar-refractivity contribution in [3.8, 4) is 0 Å². The largest absolute Gasteiger partial charge is 0.364 e. The van der Waals surface area contributed by atoms with Gasteiger partial charge in [-0.3, -0.25) is 9.80 Å². The molecule has 0 radical (unpaired) electrons. The Morgan fingerprint density at radius 3 is 2.75 bits per heavy atom. The maximum atomic E-state index is 10.9. The number of hydrogen-bond donors (Lipinski definition) is 1. The van der Waals surface area contributed by atoms with E-state index in [4.69, 9.17) is 28.9 Å². The molecule has 0 saturated carbocycles. The summed E-state index contributed by atoms with van der Waals surface area (Å²) >= 11 is 11.8. The van der Waals surface area contributed by atoms with Gasteiger partial charge >= 0.3 is 0 Å². The lowest BCUT2D eigenvalue weighted by Gasteiger charge is -2.14. The van der Waals surface area contributed by atoms with E-state index in [1.165, 1.54) is 0 Å². The van der Waals surface area contributed by atoms with Gasteiger partial charge in [0, 0.05) is 18.0 Å². The molecule has 0 aromatic heterocycles. The summed E-state index contributed by atoms with van der Waals surface area (Å²) in [6, 6.07) is 5.12. The fraction of sp³-hybridized carbons (Fsp3) is 0.200. The Labute approximate surface area is 103 Å². The van der Waals surface area contributed by atoms with E-state index in [0.29, 0.717) is 28.7 Å². The summed E-state index contributed by atoms with van der Waals surface area (Å²) in [7, 11) is 0. The van der Waals surface area contributed by atoms with Gasteiger partial charge in [-0.2, -0.15) is 5.10 Å². The van der Waals surface area contributed by atoms with Crippen LogP contribution in [0.25, 0.3) is 0 Å². The van der Waals surface area contributed by atoms with Crippen LogP contribution >= 0.6 is 23.2 Å². The molecule has 0 unspecified atom stereocenters. The molecule has 1 aromatic carbocycles. The van der Waals surface area contributed by atoms with Crippen molar-refractivity contribution in [3.05, 3.63) is 28.2 Å². The Kier molecular flexibility index (Phi) is 3.03. The minimum Gasteiger partial charge on any atom is -0.364 e. The van der Waals surface area contributed by atoms with Crippen molar-refractivity contribution in [2.75, 3.05) is 11.6 Å². The van der Waals surface area contributed by atoms with Crippen LogP contribution in [0.4, 0.5) is 5.69 Å². The number of carbonyl (C=O) groups excluding carboxylic acids is 1. The van der Waals surface area contributed by atoms with E-state index in [-0.39, 0.29) is 0 Å². The van der Waals surface area contributed by atoms with Gasteiger partial charge in [0.05, 0.1) is 10.7 Å². The molecule has 0 atom stereocenters. The molecule has 2 rings (SSSR count). The quantitative estimate of drug-likeness (QED) is 0.882. The summed E-state index contributed by atoms with van der Waals surface area (Å²) in [4.78, 5) is 10.9. The van der Waals surface area contributed by atoms with E-state index in [9.17, 15) is 4.79 Å². The van der Waals surface area contributed by atoms with Crippen LogP contribution in [0, 0.1) is 0 Å². The van der Waals surface area contributed by atoms with E-state index >= 15 is 0 Å². The SMILES string of the molecule is NC(=O)C1=NN(c2ccc(Cl)cc2Cl)CC1. The van der Waals surface area contributed by atoms with Gasteiger partial charge in [0.25, 0.3) is 5.91 Å². The number of primary amides is 1. The summed E-state index contributed by atoms with van der Waals surface area (Å²) in [5.74, 6) is -0.493. The van der Waals surface area contributed by atoms with Gasteiger partial charge < -0.3 is 5.73 Å². The summed E-state index contributed by atoms with van der Waals surface area (Å²) in [6.45, 7) is 0.597. The zero-order chi connectivity index (χ0) is 11.7. The summed E-state index contributed by atoms with van der Waals surface area (Å²) in [6.07, 6.45) is 0.536. The lowest BCUT2D eigenvalue weighted by atomic mass is 10.2. The average Bonchev–Trinajstić information content (AvgIpc) is 2.66. The minimum absolute atomic E-state index is 0.367. The second-order valence-electron chi connectivity index (χ2n) is 3.38. The predicted octanol–water partition coefficient (Wildman–Crippen LogP) is 2.04. The summed E-state index contributed by atoms with van der Waals surface area (Å²) < 4.78 is 0. The Balaban J connectivity index is 2.30. The first-order valence-corrected chi connectivity index (χ1v) is 5.43. The third-order valence-corrected chi connectivity index (χ3v) is 2.81. The number of benzene rings is 1. The van der Waals surface area contributed by atoms with Crippen LogP contribution in [-0.4, -0.2) is 18.2 Å². The number of nitrogens with two attached hydrogens (primary N) is 1. The normalized spacial score (nSPS) is 15.1. The molecule has 0 fully saturated rings. The minimum atomic E-state index is -0.493. The van der Waals surface area contributed by atoms with E-state index in [1.54, 1.807) is 23.2 Å². The predicted molar refractivity (Wildman–Crippen MR) is 65.1 cm³/mol. The summed E-state index contributed by atoms with van der Waals surface area (Å²) in [5, 5.41) is 6.81. The number of rotatable bonds is 2. The Morgan fingerprint density at radius 2 is 2.19 bits per heavy atom. The molecule has 84 valence electrons. The molecular formula is C10H9Cl2N3O. The molecule has 4 nitrogen and oxygen atoms in total.